The van der Waals surface area contributed by atoms with Crippen molar-refractivity contribution < 1.29 is 9.72 Å². The van der Waals surface area contributed by atoms with Crippen molar-refractivity contribution in [3.05, 3.63) is 62.6 Å². The van der Waals surface area contributed by atoms with Crippen molar-refractivity contribution in [1.82, 2.24) is 9.97 Å². The van der Waals surface area contributed by atoms with Crippen molar-refractivity contribution >= 4 is 39.8 Å². The molecule has 0 aliphatic heterocycles. The summed E-state index contributed by atoms with van der Waals surface area (Å²) in [5, 5.41) is 25.2. The number of nitriles is 1. The fourth-order valence-corrected chi connectivity index (χ4v) is 4.44. The van der Waals surface area contributed by atoms with Gasteiger partial charge in [0.25, 0.3) is 5.69 Å². The summed E-state index contributed by atoms with van der Waals surface area (Å²) in [6, 6.07) is 10.1. The molecule has 3 aromatic rings. The molecular weight excluding hydrogens is 422 g/mol. The first-order valence-corrected chi connectivity index (χ1v) is 10.6. The third-order valence-electron chi connectivity index (χ3n) is 4.17. The maximum atomic E-state index is 12.6. The first-order chi connectivity index (χ1) is 14.3. The number of carbonyl (C=O) groups excluding carboxylic acids is 1. The molecule has 0 fully saturated rings. The van der Waals surface area contributed by atoms with Gasteiger partial charge in [-0.25, -0.2) is 9.97 Å². The lowest BCUT2D eigenvalue weighted by Gasteiger charge is -2.12. The van der Waals surface area contributed by atoms with E-state index in [2.05, 4.69) is 21.4 Å². The molecule has 0 aliphatic carbocycles. The molecule has 1 unspecified atom stereocenters. The number of carbonyl (C=O) groups is 1. The Kier molecular flexibility index (Phi) is 6.44. The molecule has 1 aromatic carbocycles. The number of nitro benzene ring substituents is 1. The number of rotatable bonds is 6. The normalized spacial score (nSPS) is 11.5. The molecule has 1 atom stereocenters. The maximum Gasteiger partial charge on any atom is 0.270 e. The molecule has 10 heteroatoms. The molecule has 152 valence electrons. The summed E-state index contributed by atoms with van der Waals surface area (Å²) in [7, 11) is 0. The van der Waals surface area contributed by atoms with Gasteiger partial charge in [0.15, 0.2) is 5.13 Å². The number of aryl methyl sites for hydroxylation is 2. The van der Waals surface area contributed by atoms with Gasteiger partial charge in [-0.2, -0.15) is 5.26 Å². The Morgan fingerprint density at radius 1 is 1.33 bits per heavy atom. The largest absolute Gasteiger partial charge is 0.301 e. The van der Waals surface area contributed by atoms with E-state index >= 15 is 0 Å². The highest BCUT2D eigenvalue weighted by Gasteiger charge is 2.20. The minimum atomic E-state index is -0.504. The number of benzene rings is 1. The monoisotopic (exact) mass is 439 g/mol. The molecule has 3 rings (SSSR count). The molecule has 0 aliphatic rings. The summed E-state index contributed by atoms with van der Waals surface area (Å²) in [5.74, 6) is -0.273. The summed E-state index contributed by atoms with van der Waals surface area (Å²) < 4.78 is 0. The van der Waals surface area contributed by atoms with Crippen LogP contribution in [0.15, 0.2) is 40.7 Å². The molecule has 1 N–H and O–H groups in total. The topological polar surface area (TPSA) is 122 Å². The van der Waals surface area contributed by atoms with Crippen LogP contribution in [0.1, 0.15) is 23.7 Å². The van der Waals surface area contributed by atoms with E-state index in [9.17, 15) is 20.2 Å². The fourth-order valence-electron chi connectivity index (χ4n) is 2.69. The average molecular weight is 440 g/mol. The van der Waals surface area contributed by atoms with Gasteiger partial charge < -0.3 is 5.32 Å². The Morgan fingerprint density at radius 3 is 2.80 bits per heavy atom. The molecule has 0 spiro atoms. The Bertz CT molecular complexity index is 1170. The van der Waals surface area contributed by atoms with Crippen molar-refractivity contribution in [3.8, 4) is 17.3 Å². The van der Waals surface area contributed by atoms with Gasteiger partial charge in [0, 0.05) is 28.8 Å². The van der Waals surface area contributed by atoms with E-state index < -0.39 is 10.2 Å². The van der Waals surface area contributed by atoms with Crippen LogP contribution < -0.4 is 5.32 Å². The standard InChI is InChI=1S/C20H17N5O3S2/c1-11-7-12(2)22-19(16(11)9-21)30-13(3)18(26)24-20-23-17(10-29-20)14-5-4-6-15(8-14)25(27)28/h4-8,10,13H,1-3H3,(H,23,24,26). The molecule has 8 nitrogen and oxygen atoms in total. The molecule has 0 bridgehead atoms. The van der Waals surface area contributed by atoms with Gasteiger partial charge in [-0.1, -0.05) is 23.9 Å². The minimum Gasteiger partial charge on any atom is -0.301 e. The van der Waals surface area contributed by atoms with E-state index in [1.165, 1.54) is 35.2 Å². The molecular formula is C20H17N5O3S2. The second-order valence-electron chi connectivity index (χ2n) is 6.47. The first-order valence-electron chi connectivity index (χ1n) is 8.84. The highest BCUT2D eigenvalue weighted by molar-refractivity contribution is 8.00. The summed E-state index contributed by atoms with van der Waals surface area (Å²) in [6.07, 6.45) is 0. The summed E-state index contributed by atoms with van der Waals surface area (Å²) in [4.78, 5) is 31.8. The number of nitrogens with one attached hydrogen (secondary N) is 1. The molecule has 0 radical (unpaired) electrons. The van der Waals surface area contributed by atoms with E-state index in [1.807, 2.05) is 19.9 Å². The zero-order chi connectivity index (χ0) is 21.8. The van der Waals surface area contributed by atoms with Crippen molar-refractivity contribution in [2.75, 3.05) is 5.32 Å². The number of nitrogens with zero attached hydrogens (tertiary/aromatic N) is 4. The van der Waals surface area contributed by atoms with E-state index in [1.54, 1.807) is 24.4 Å². The number of anilines is 1. The van der Waals surface area contributed by atoms with Gasteiger partial charge in [-0.3, -0.25) is 14.9 Å². The number of aromatic nitrogens is 2. The van der Waals surface area contributed by atoms with Crippen LogP contribution in [0.5, 0.6) is 0 Å². The number of pyridine rings is 1. The van der Waals surface area contributed by atoms with Crippen LogP contribution in [-0.2, 0) is 4.79 Å². The quantitative estimate of drug-likeness (QED) is 0.335. The van der Waals surface area contributed by atoms with Crippen LogP contribution >= 0.6 is 23.1 Å². The summed E-state index contributed by atoms with van der Waals surface area (Å²) in [6.45, 7) is 5.41. The van der Waals surface area contributed by atoms with Crippen molar-refractivity contribution in [3.63, 3.8) is 0 Å². The van der Waals surface area contributed by atoms with Crippen molar-refractivity contribution in [1.29, 1.82) is 5.26 Å². The predicted molar refractivity (Wildman–Crippen MR) is 117 cm³/mol. The summed E-state index contributed by atoms with van der Waals surface area (Å²) >= 11 is 2.45. The zero-order valence-electron chi connectivity index (χ0n) is 16.4. The average Bonchev–Trinajstić information content (AvgIpc) is 3.16. The van der Waals surface area contributed by atoms with Gasteiger partial charge in [0.05, 0.1) is 21.4 Å². The second kappa shape index (κ2) is 9.02. The third-order valence-corrected chi connectivity index (χ3v) is 6.01. The van der Waals surface area contributed by atoms with Crippen LogP contribution in [0, 0.1) is 35.3 Å². The molecule has 30 heavy (non-hydrogen) atoms. The van der Waals surface area contributed by atoms with Crippen LogP contribution in [0.3, 0.4) is 0 Å². The Morgan fingerprint density at radius 2 is 2.10 bits per heavy atom. The highest BCUT2D eigenvalue weighted by atomic mass is 32.2. The van der Waals surface area contributed by atoms with Crippen LogP contribution in [0.4, 0.5) is 10.8 Å². The number of hydrogen-bond acceptors (Lipinski definition) is 8. The number of hydrogen-bond donors (Lipinski definition) is 1. The van der Waals surface area contributed by atoms with Crippen LogP contribution in [0.25, 0.3) is 11.3 Å². The second-order valence-corrected chi connectivity index (χ2v) is 8.65. The van der Waals surface area contributed by atoms with E-state index in [0.29, 0.717) is 27.0 Å². The Labute approximate surface area is 181 Å². The number of thiazole rings is 1. The van der Waals surface area contributed by atoms with Gasteiger partial charge in [0.1, 0.15) is 11.1 Å². The predicted octanol–water partition coefficient (Wildman–Crippen LogP) is 4.72. The van der Waals surface area contributed by atoms with E-state index in [0.717, 1.165) is 11.3 Å². The Hall–Kier alpha value is -3.29. The SMILES string of the molecule is Cc1cc(C)c(C#N)c(SC(C)C(=O)Nc2nc(-c3cccc([N+](=O)[O-])c3)cs2)n1. The third kappa shape index (κ3) is 4.82. The number of nitro groups is 1. The van der Waals surface area contributed by atoms with Crippen molar-refractivity contribution in [2.45, 2.75) is 31.0 Å². The van der Waals surface area contributed by atoms with Crippen molar-refractivity contribution in [2.24, 2.45) is 0 Å². The lowest BCUT2D eigenvalue weighted by molar-refractivity contribution is -0.384. The number of amides is 1. The van der Waals surface area contributed by atoms with Gasteiger partial charge in [0.2, 0.25) is 5.91 Å². The highest BCUT2D eigenvalue weighted by Crippen LogP contribution is 2.30. The van der Waals surface area contributed by atoms with Crippen LogP contribution in [-0.4, -0.2) is 26.0 Å². The molecule has 0 saturated carbocycles. The minimum absolute atomic E-state index is 0.0228. The fraction of sp³-hybridized carbons (Fsp3) is 0.200. The van der Waals surface area contributed by atoms with Gasteiger partial charge >= 0.3 is 0 Å². The lowest BCUT2D eigenvalue weighted by atomic mass is 10.1. The van der Waals surface area contributed by atoms with E-state index in [-0.39, 0.29) is 11.6 Å². The number of non-ortho nitro benzene ring substituents is 1. The molecule has 2 heterocycles. The van der Waals surface area contributed by atoms with Crippen LogP contribution in [0.2, 0.25) is 0 Å². The number of thioether (sulfide) groups is 1. The van der Waals surface area contributed by atoms with Gasteiger partial charge in [-0.15, -0.1) is 11.3 Å². The van der Waals surface area contributed by atoms with E-state index in [4.69, 9.17) is 0 Å². The smallest absolute Gasteiger partial charge is 0.270 e. The van der Waals surface area contributed by atoms with Gasteiger partial charge in [-0.05, 0) is 32.4 Å². The Balaban J connectivity index is 1.72. The zero-order valence-corrected chi connectivity index (χ0v) is 18.0. The molecule has 0 saturated heterocycles. The molecule has 1 amide bonds. The molecule has 2 aromatic heterocycles. The summed E-state index contributed by atoms with van der Waals surface area (Å²) in [5.41, 5.74) is 3.19. The lowest BCUT2D eigenvalue weighted by Crippen LogP contribution is -2.22. The maximum absolute atomic E-state index is 12.6. The first kappa shape index (κ1) is 21.4.